The number of aliphatic hydroxyl groups is 4. The van der Waals surface area contributed by atoms with E-state index in [-0.39, 0.29) is 32.0 Å². The first-order chi connectivity index (χ1) is 30.3. The first kappa shape index (κ1) is 58.2. The van der Waals surface area contributed by atoms with Gasteiger partial charge in [0.1, 0.15) is 31.0 Å². The van der Waals surface area contributed by atoms with Crippen molar-refractivity contribution in [2.45, 2.75) is 275 Å². The molecule has 1 fully saturated rings. The predicted octanol–water partition coefficient (Wildman–Crippen LogP) is 12.1. The monoisotopic (exact) mass is 881 g/mol. The van der Waals surface area contributed by atoms with E-state index in [2.05, 4.69) is 38.2 Å². The van der Waals surface area contributed by atoms with Crippen LogP contribution in [0.4, 0.5) is 0 Å². The van der Waals surface area contributed by atoms with Gasteiger partial charge in [-0.2, -0.15) is 0 Å². The quantitative estimate of drug-likeness (QED) is 0.0264. The summed E-state index contributed by atoms with van der Waals surface area (Å²) in [6, 6.07) is 0. The van der Waals surface area contributed by atoms with Crippen molar-refractivity contribution >= 4 is 11.9 Å². The highest BCUT2D eigenvalue weighted by atomic mass is 16.7. The lowest BCUT2D eigenvalue weighted by Crippen LogP contribution is -2.59. The van der Waals surface area contributed by atoms with Crippen LogP contribution in [0.2, 0.25) is 0 Å². The number of aliphatic hydroxyl groups excluding tert-OH is 4. The first-order valence-corrected chi connectivity index (χ1v) is 25.9. The molecule has 0 aromatic carbocycles. The van der Waals surface area contributed by atoms with Crippen molar-refractivity contribution in [1.82, 2.24) is 0 Å². The number of hydrogen-bond acceptors (Lipinski definition) is 10. The third kappa shape index (κ3) is 33.7. The van der Waals surface area contributed by atoms with E-state index in [1.807, 2.05) is 0 Å². The van der Waals surface area contributed by atoms with E-state index >= 15 is 0 Å². The van der Waals surface area contributed by atoms with Gasteiger partial charge in [0.2, 0.25) is 0 Å². The number of allylic oxidation sites excluding steroid dienone is 4. The van der Waals surface area contributed by atoms with Crippen LogP contribution in [0.25, 0.3) is 0 Å². The molecule has 1 saturated heterocycles. The van der Waals surface area contributed by atoms with Crippen molar-refractivity contribution in [2.24, 2.45) is 0 Å². The highest BCUT2D eigenvalue weighted by Crippen LogP contribution is 2.23. The van der Waals surface area contributed by atoms with Crippen LogP contribution in [0.3, 0.4) is 0 Å². The van der Waals surface area contributed by atoms with E-state index in [0.29, 0.717) is 6.42 Å². The topological polar surface area (TPSA) is 152 Å². The lowest BCUT2D eigenvalue weighted by molar-refractivity contribution is -0.305. The van der Waals surface area contributed by atoms with Gasteiger partial charge >= 0.3 is 11.9 Å². The van der Waals surface area contributed by atoms with Crippen LogP contribution in [0.1, 0.15) is 239 Å². The van der Waals surface area contributed by atoms with Crippen molar-refractivity contribution in [3.8, 4) is 0 Å². The first-order valence-electron chi connectivity index (χ1n) is 25.9. The summed E-state index contributed by atoms with van der Waals surface area (Å²) in [5.74, 6) is -0.798. The molecule has 1 heterocycles. The molecule has 10 nitrogen and oxygen atoms in total. The van der Waals surface area contributed by atoms with Crippen LogP contribution < -0.4 is 0 Å². The van der Waals surface area contributed by atoms with E-state index < -0.39 is 49.4 Å². The van der Waals surface area contributed by atoms with E-state index in [1.54, 1.807) is 0 Å². The summed E-state index contributed by atoms with van der Waals surface area (Å²) in [6.45, 7) is 3.43. The Labute approximate surface area is 379 Å². The molecule has 0 amide bonds. The number of unbranched alkanes of at least 4 members (excludes halogenated alkanes) is 29. The van der Waals surface area contributed by atoms with Crippen LogP contribution in [0, 0.1) is 0 Å². The Bertz CT molecular complexity index is 1060. The Morgan fingerprint density at radius 1 is 0.500 bits per heavy atom. The summed E-state index contributed by atoms with van der Waals surface area (Å²) in [5.41, 5.74) is 0. The van der Waals surface area contributed by atoms with Gasteiger partial charge in [0.25, 0.3) is 0 Å². The average Bonchev–Trinajstić information content (AvgIpc) is 3.27. The van der Waals surface area contributed by atoms with Crippen LogP contribution in [-0.4, -0.2) is 89.0 Å². The molecule has 1 rings (SSSR count). The summed E-state index contributed by atoms with van der Waals surface area (Å²) in [4.78, 5) is 25.5. The highest BCUT2D eigenvalue weighted by molar-refractivity contribution is 5.70. The molecule has 0 spiro atoms. The molecule has 2 unspecified atom stereocenters. The molecule has 1 aliphatic heterocycles. The third-order valence-electron chi connectivity index (χ3n) is 12.1. The highest BCUT2D eigenvalue weighted by Gasteiger charge is 2.44. The maximum absolute atomic E-state index is 12.8. The maximum Gasteiger partial charge on any atom is 0.306 e. The lowest BCUT2D eigenvalue weighted by atomic mass is 9.99. The molecule has 0 saturated carbocycles. The average molecular weight is 881 g/mol. The fourth-order valence-corrected chi connectivity index (χ4v) is 7.99. The Kier molecular flexibility index (Phi) is 40.4. The number of rotatable bonds is 44. The Balaban J connectivity index is 2.25. The van der Waals surface area contributed by atoms with Crippen molar-refractivity contribution < 1.29 is 49.0 Å². The van der Waals surface area contributed by atoms with Gasteiger partial charge in [-0.3, -0.25) is 9.59 Å². The number of esters is 2. The molecule has 10 heteroatoms. The predicted molar refractivity (Wildman–Crippen MR) is 252 cm³/mol. The zero-order valence-electron chi connectivity index (χ0n) is 39.9. The van der Waals surface area contributed by atoms with Gasteiger partial charge in [-0.05, 0) is 44.9 Å². The standard InChI is InChI=1S/C52H96O10/c1-3-5-7-9-11-13-15-17-19-21-23-25-26-28-30-32-34-36-38-40-47(54)59-43-45(44-60-52-51(58)50(57)49(56)46(42-53)62-52)61-48(55)41-39-37-35-33-31-29-27-24-22-20-18-16-14-12-10-8-6-4-2/h11,13,17,19,45-46,49-53,56-58H,3-10,12,14-16,18,20-44H2,1-2H3/b13-11+,19-17+/t45-,46-,49+,50?,51?,52-/m0/s1. The molecular weight excluding hydrogens is 785 g/mol. The smallest absolute Gasteiger partial charge is 0.306 e. The van der Waals surface area contributed by atoms with Crippen molar-refractivity contribution in [2.75, 3.05) is 19.8 Å². The summed E-state index contributed by atoms with van der Waals surface area (Å²) < 4.78 is 22.3. The van der Waals surface area contributed by atoms with Gasteiger partial charge in [-0.15, -0.1) is 0 Å². The van der Waals surface area contributed by atoms with Gasteiger partial charge in [-0.25, -0.2) is 0 Å². The zero-order chi connectivity index (χ0) is 45.1. The fourth-order valence-electron chi connectivity index (χ4n) is 7.99. The molecule has 0 radical (unpaired) electrons. The van der Waals surface area contributed by atoms with E-state index in [1.165, 1.54) is 148 Å². The van der Waals surface area contributed by atoms with Gasteiger partial charge in [0.15, 0.2) is 12.4 Å². The van der Waals surface area contributed by atoms with Crippen LogP contribution in [0.15, 0.2) is 24.3 Å². The van der Waals surface area contributed by atoms with Crippen LogP contribution in [0.5, 0.6) is 0 Å². The van der Waals surface area contributed by atoms with E-state index in [9.17, 15) is 30.0 Å². The number of hydrogen-bond donors (Lipinski definition) is 4. The number of carbonyl (C=O) groups is 2. The molecule has 0 aromatic heterocycles. The molecule has 62 heavy (non-hydrogen) atoms. The molecule has 0 bridgehead atoms. The minimum absolute atomic E-state index is 0.215. The number of carbonyl (C=O) groups excluding carboxylic acids is 2. The minimum atomic E-state index is -1.59. The largest absolute Gasteiger partial charge is 0.462 e. The van der Waals surface area contributed by atoms with Gasteiger partial charge < -0.3 is 39.4 Å². The number of ether oxygens (including phenoxy) is 4. The maximum atomic E-state index is 12.8. The van der Waals surface area contributed by atoms with Crippen LogP contribution in [-0.2, 0) is 28.5 Å². The van der Waals surface area contributed by atoms with Gasteiger partial charge in [0.05, 0.1) is 13.2 Å². The summed E-state index contributed by atoms with van der Waals surface area (Å²) >= 11 is 0. The SMILES string of the molecule is CCCCC/C=C/C/C=C/CCCCCCCCCCCC(=O)OC[C@@H](CO[C@H]1O[C@@H](CO)[C@@H](O)C(O)C1O)OC(=O)CCCCCCCCCCCCCCCCCCCC. The second-order valence-electron chi connectivity index (χ2n) is 18.0. The third-order valence-corrected chi connectivity index (χ3v) is 12.1. The Morgan fingerprint density at radius 2 is 0.903 bits per heavy atom. The molecule has 0 aliphatic carbocycles. The lowest BCUT2D eigenvalue weighted by Gasteiger charge is -2.39. The molecule has 364 valence electrons. The van der Waals surface area contributed by atoms with Crippen molar-refractivity contribution in [3.05, 3.63) is 24.3 Å². The molecule has 0 aromatic rings. The minimum Gasteiger partial charge on any atom is -0.462 e. The fraction of sp³-hybridized carbons (Fsp3) is 0.885. The molecule has 4 N–H and O–H groups in total. The van der Waals surface area contributed by atoms with E-state index in [0.717, 1.165) is 57.8 Å². The second-order valence-corrected chi connectivity index (χ2v) is 18.0. The van der Waals surface area contributed by atoms with E-state index in [4.69, 9.17) is 18.9 Å². The van der Waals surface area contributed by atoms with Crippen LogP contribution >= 0.6 is 0 Å². The molecular formula is C52H96O10. The van der Waals surface area contributed by atoms with Gasteiger partial charge in [0, 0.05) is 12.8 Å². The Morgan fingerprint density at radius 3 is 1.37 bits per heavy atom. The van der Waals surface area contributed by atoms with Gasteiger partial charge in [-0.1, -0.05) is 205 Å². The van der Waals surface area contributed by atoms with Crippen molar-refractivity contribution in [1.29, 1.82) is 0 Å². The van der Waals surface area contributed by atoms with Crippen molar-refractivity contribution in [3.63, 3.8) is 0 Å². The summed E-state index contributed by atoms with van der Waals surface area (Å²) in [5, 5.41) is 40.2. The zero-order valence-corrected chi connectivity index (χ0v) is 39.9. The summed E-state index contributed by atoms with van der Waals surface area (Å²) in [7, 11) is 0. The Hall–Kier alpha value is -1.82. The normalized spacial score (nSPS) is 19.7. The second kappa shape index (κ2) is 43.1. The molecule has 1 aliphatic rings. The summed E-state index contributed by atoms with van der Waals surface area (Å²) in [6.07, 6.45) is 41.8. The molecule has 6 atom stereocenters.